The van der Waals surface area contributed by atoms with Gasteiger partial charge in [-0.15, -0.1) is 0 Å². The lowest BCUT2D eigenvalue weighted by Crippen LogP contribution is -2.09. The maximum atomic E-state index is 11.8. The van der Waals surface area contributed by atoms with E-state index in [1.165, 1.54) is 6.20 Å². The second-order valence-corrected chi connectivity index (χ2v) is 3.13. The van der Waals surface area contributed by atoms with Crippen LogP contribution in [-0.4, -0.2) is 23.0 Å². The summed E-state index contributed by atoms with van der Waals surface area (Å²) in [6, 6.07) is 0. The third-order valence-electron chi connectivity index (χ3n) is 1.18. The van der Waals surface area contributed by atoms with Gasteiger partial charge in [-0.2, -0.15) is 4.98 Å². The van der Waals surface area contributed by atoms with Gasteiger partial charge in [0.15, 0.2) is 6.61 Å². The lowest BCUT2D eigenvalue weighted by Gasteiger charge is -2.05. The molecule has 0 unspecified atom stereocenters. The fraction of sp³-hybridized carbons (Fsp3) is 0.429. The summed E-state index contributed by atoms with van der Waals surface area (Å²) in [6.07, 6.45) is -1.04. The molecular formula is C7H7BrF2N2O. The van der Waals surface area contributed by atoms with Crippen LogP contribution in [0.1, 0.15) is 5.82 Å². The second-order valence-electron chi connectivity index (χ2n) is 2.27. The van der Waals surface area contributed by atoms with Gasteiger partial charge >= 0.3 is 0 Å². The van der Waals surface area contributed by atoms with E-state index in [1.807, 2.05) is 0 Å². The van der Waals surface area contributed by atoms with Crippen molar-refractivity contribution in [2.45, 2.75) is 13.3 Å². The zero-order valence-electron chi connectivity index (χ0n) is 6.80. The minimum Gasteiger partial charge on any atom is -0.471 e. The maximum Gasteiger partial charge on any atom is 0.272 e. The van der Waals surface area contributed by atoms with Crippen LogP contribution in [0.15, 0.2) is 10.7 Å². The highest BCUT2D eigenvalue weighted by Crippen LogP contribution is 2.21. The molecule has 0 fully saturated rings. The molecule has 0 N–H and O–H groups in total. The molecule has 0 spiro atoms. The van der Waals surface area contributed by atoms with Crippen LogP contribution in [0.2, 0.25) is 0 Å². The fourth-order valence-corrected chi connectivity index (χ4v) is 0.983. The third kappa shape index (κ3) is 3.22. The Labute approximate surface area is 82.3 Å². The first-order valence-electron chi connectivity index (χ1n) is 3.49. The Morgan fingerprint density at radius 2 is 2.31 bits per heavy atom. The Balaban J connectivity index is 2.70. The number of nitrogens with zero attached hydrogens (tertiary/aromatic N) is 2. The number of rotatable bonds is 3. The molecule has 0 aliphatic heterocycles. The number of hydrogen-bond acceptors (Lipinski definition) is 3. The first-order valence-corrected chi connectivity index (χ1v) is 4.29. The summed E-state index contributed by atoms with van der Waals surface area (Å²) in [5.74, 6) is 0.625. The average molecular weight is 253 g/mol. The Kier molecular flexibility index (Phi) is 3.53. The number of ether oxygens (including phenoxy) is 1. The maximum absolute atomic E-state index is 11.8. The third-order valence-corrected chi connectivity index (χ3v) is 1.72. The molecule has 13 heavy (non-hydrogen) atoms. The summed E-state index contributed by atoms with van der Waals surface area (Å²) in [7, 11) is 0. The van der Waals surface area contributed by atoms with Crippen molar-refractivity contribution >= 4 is 15.9 Å². The van der Waals surface area contributed by atoms with Gasteiger partial charge in [0.25, 0.3) is 6.43 Å². The van der Waals surface area contributed by atoms with Crippen molar-refractivity contribution in [1.29, 1.82) is 0 Å². The van der Waals surface area contributed by atoms with Crippen LogP contribution in [-0.2, 0) is 0 Å². The van der Waals surface area contributed by atoms with E-state index >= 15 is 0 Å². The van der Waals surface area contributed by atoms with Crippen molar-refractivity contribution in [1.82, 2.24) is 9.97 Å². The first kappa shape index (κ1) is 10.3. The first-order chi connectivity index (χ1) is 6.09. The molecule has 0 atom stereocenters. The molecule has 0 saturated carbocycles. The molecule has 6 heteroatoms. The minimum absolute atomic E-state index is 0.146. The molecule has 0 aromatic carbocycles. The van der Waals surface area contributed by atoms with Crippen LogP contribution in [0, 0.1) is 6.92 Å². The van der Waals surface area contributed by atoms with Crippen molar-refractivity contribution in [3.05, 3.63) is 16.5 Å². The van der Waals surface area contributed by atoms with E-state index in [2.05, 4.69) is 25.9 Å². The predicted molar refractivity (Wildman–Crippen MR) is 46.0 cm³/mol. The van der Waals surface area contributed by atoms with Crippen molar-refractivity contribution in [2.24, 2.45) is 0 Å². The number of halogens is 3. The molecule has 72 valence electrons. The SMILES string of the molecule is Cc1ncc(Br)c(OCC(F)F)n1. The van der Waals surface area contributed by atoms with E-state index in [-0.39, 0.29) is 5.88 Å². The van der Waals surface area contributed by atoms with Gasteiger partial charge in [-0.25, -0.2) is 13.8 Å². The molecule has 1 aromatic heterocycles. The van der Waals surface area contributed by atoms with E-state index in [4.69, 9.17) is 4.74 Å². The monoisotopic (exact) mass is 252 g/mol. The van der Waals surface area contributed by atoms with Crippen LogP contribution in [0.5, 0.6) is 5.88 Å². The standard InChI is InChI=1S/C7H7BrF2N2O/c1-4-11-2-5(8)7(12-4)13-3-6(9)10/h2,6H,3H2,1H3. The van der Waals surface area contributed by atoms with Gasteiger partial charge in [0.2, 0.25) is 5.88 Å². The van der Waals surface area contributed by atoms with E-state index in [9.17, 15) is 8.78 Å². The van der Waals surface area contributed by atoms with Gasteiger partial charge in [0.1, 0.15) is 5.82 Å². The largest absolute Gasteiger partial charge is 0.471 e. The lowest BCUT2D eigenvalue weighted by atomic mass is 10.6. The summed E-state index contributed by atoms with van der Waals surface area (Å²) in [4.78, 5) is 7.67. The summed E-state index contributed by atoms with van der Waals surface area (Å²) in [5, 5.41) is 0. The molecule has 0 aliphatic rings. The highest BCUT2D eigenvalue weighted by molar-refractivity contribution is 9.10. The van der Waals surface area contributed by atoms with Crippen molar-refractivity contribution in [2.75, 3.05) is 6.61 Å². The smallest absolute Gasteiger partial charge is 0.272 e. The van der Waals surface area contributed by atoms with E-state index in [1.54, 1.807) is 6.92 Å². The zero-order chi connectivity index (χ0) is 9.84. The quantitative estimate of drug-likeness (QED) is 0.828. The molecule has 0 radical (unpaired) electrons. The molecule has 0 bridgehead atoms. The van der Waals surface area contributed by atoms with Gasteiger partial charge in [0.05, 0.1) is 4.47 Å². The van der Waals surface area contributed by atoms with Crippen LogP contribution in [0.3, 0.4) is 0 Å². The van der Waals surface area contributed by atoms with E-state index < -0.39 is 13.0 Å². The molecule has 1 rings (SSSR count). The Hall–Kier alpha value is -0.780. The van der Waals surface area contributed by atoms with Gasteiger partial charge in [-0.3, -0.25) is 0 Å². The van der Waals surface area contributed by atoms with Crippen LogP contribution in [0.4, 0.5) is 8.78 Å². The molecule has 1 heterocycles. The molecule has 0 aliphatic carbocycles. The molecule has 3 nitrogen and oxygen atoms in total. The summed E-state index contributed by atoms with van der Waals surface area (Å²) < 4.78 is 28.7. The lowest BCUT2D eigenvalue weighted by molar-refractivity contribution is 0.0790. The molecule has 1 aromatic rings. The van der Waals surface area contributed by atoms with Crippen LogP contribution < -0.4 is 4.74 Å². The highest BCUT2D eigenvalue weighted by Gasteiger charge is 2.08. The normalized spacial score (nSPS) is 10.5. The van der Waals surface area contributed by atoms with Crippen molar-refractivity contribution in [3.63, 3.8) is 0 Å². The predicted octanol–water partition coefficient (Wildman–Crippen LogP) is 2.19. The number of hydrogen-bond donors (Lipinski definition) is 0. The number of aromatic nitrogens is 2. The zero-order valence-corrected chi connectivity index (χ0v) is 8.38. The van der Waals surface area contributed by atoms with Crippen molar-refractivity contribution in [3.8, 4) is 5.88 Å². The van der Waals surface area contributed by atoms with Crippen molar-refractivity contribution < 1.29 is 13.5 Å². The van der Waals surface area contributed by atoms with E-state index in [0.717, 1.165) is 0 Å². The topological polar surface area (TPSA) is 35.0 Å². The van der Waals surface area contributed by atoms with E-state index in [0.29, 0.717) is 10.3 Å². The fourth-order valence-electron chi connectivity index (χ4n) is 0.678. The van der Waals surface area contributed by atoms with Gasteiger partial charge in [-0.1, -0.05) is 0 Å². The highest BCUT2D eigenvalue weighted by atomic mass is 79.9. The molecule has 0 amide bonds. The van der Waals surface area contributed by atoms with Gasteiger partial charge < -0.3 is 4.74 Å². The summed E-state index contributed by atoms with van der Waals surface area (Å²) >= 11 is 3.09. The van der Waals surface area contributed by atoms with Gasteiger partial charge in [-0.05, 0) is 22.9 Å². The van der Waals surface area contributed by atoms with Gasteiger partial charge in [0, 0.05) is 6.20 Å². The molecular weight excluding hydrogens is 246 g/mol. The van der Waals surface area contributed by atoms with Crippen LogP contribution >= 0.6 is 15.9 Å². The number of alkyl halides is 2. The van der Waals surface area contributed by atoms with Crippen LogP contribution in [0.25, 0.3) is 0 Å². The summed E-state index contributed by atoms with van der Waals surface area (Å²) in [5.41, 5.74) is 0. The number of aryl methyl sites for hydroxylation is 1. The molecule has 0 saturated heterocycles. The summed E-state index contributed by atoms with van der Waals surface area (Å²) in [6.45, 7) is 0.997. The average Bonchev–Trinajstić information content (AvgIpc) is 2.06. The Morgan fingerprint density at radius 1 is 1.62 bits per heavy atom. The Bertz CT molecular complexity index is 296. The second kappa shape index (κ2) is 4.45. The Morgan fingerprint density at radius 3 is 2.92 bits per heavy atom. The minimum atomic E-state index is -2.50.